The lowest BCUT2D eigenvalue weighted by Gasteiger charge is -2.15. The second kappa shape index (κ2) is 8.58. The van der Waals surface area contributed by atoms with Gasteiger partial charge in [-0.25, -0.2) is 9.78 Å². The summed E-state index contributed by atoms with van der Waals surface area (Å²) in [5.41, 5.74) is 0.826. The first-order valence-corrected chi connectivity index (χ1v) is 8.19. The van der Waals surface area contributed by atoms with Gasteiger partial charge in [-0.1, -0.05) is 18.2 Å². The van der Waals surface area contributed by atoms with Crippen molar-refractivity contribution in [1.82, 2.24) is 9.88 Å². The second-order valence-electron chi connectivity index (χ2n) is 5.38. The first-order chi connectivity index (χ1) is 11.9. The molecule has 0 fully saturated rings. The minimum absolute atomic E-state index is 0.146. The Labute approximate surface area is 151 Å². The van der Waals surface area contributed by atoms with Gasteiger partial charge in [0.1, 0.15) is 29.9 Å². The van der Waals surface area contributed by atoms with Gasteiger partial charge in [0, 0.05) is 36.6 Å². The third-order valence-electron chi connectivity index (χ3n) is 3.38. The number of rotatable bonds is 7. The van der Waals surface area contributed by atoms with Gasteiger partial charge in [0.2, 0.25) is 0 Å². The Morgan fingerprint density at radius 2 is 2.00 bits per heavy atom. The minimum atomic E-state index is -0.412. The highest BCUT2D eigenvalue weighted by molar-refractivity contribution is 6.30. The summed E-state index contributed by atoms with van der Waals surface area (Å²) in [5.74, 6) is 1.18. The number of carbonyl (C=O) groups is 1. The van der Waals surface area contributed by atoms with Crippen LogP contribution in [0.15, 0.2) is 31.0 Å². The highest BCUT2D eigenvalue weighted by atomic mass is 35.5. The summed E-state index contributed by atoms with van der Waals surface area (Å²) < 4.78 is 16.3. The molecule has 134 valence electrons. The van der Waals surface area contributed by atoms with Crippen molar-refractivity contribution in [3.05, 3.63) is 41.7 Å². The molecule has 25 heavy (non-hydrogen) atoms. The number of fused-ring (bicyclic) bond motifs is 1. The third-order valence-corrected chi connectivity index (χ3v) is 3.58. The molecule has 0 spiro atoms. The summed E-state index contributed by atoms with van der Waals surface area (Å²) in [7, 11) is 3.24. The molecule has 1 aromatic carbocycles. The van der Waals surface area contributed by atoms with E-state index in [1.807, 2.05) is 19.1 Å². The van der Waals surface area contributed by atoms with E-state index in [-0.39, 0.29) is 13.2 Å². The molecule has 0 atom stereocenters. The first kappa shape index (κ1) is 18.9. The topological polar surface area (TPSA) is 60.9 Å². The lowest BCUT2D eigenvalue weighted by atomic mass is 10.0. The smallest absolute Gasteiger partial charge is 0.409 e. The van der Waals surface area contributed by atoms with E-state index >= 15 is 0 Å². The zero-order valence-corrected chi connectivity index (χ0v) is 15.3. The van der Waals surface area contributed by atoms with Crippen molar-refractivity contribution >= 4 is 34.2 Å². The molecule has 1 amide bonds. The zero-order chi connectivity index (χ0) is 18.4. The molecule has 0 saturated carbocycles. The average Bonchev–Trinajstić information content (AvgIpc) is 2.58. The van der Waals surface area contributed by atoms with Gasteiger partial charge < -0.3 is 19.1 Å². The van der Waals surface area contributed by atoms with Gasteiger partial charge in [-0.3, -0.25) is 0 Å². The quantitative estimate of drug-likeness (QED) is 0.422. The molecular weight excluding hydrogens is 344 g/mol. The Morgan fingerprint density at radius 3 is 2.68 bits per heavy atom. The average molecular weight is 365 g/mol. The van der Waals surface area contributed by atoms with E-state index in [0.717, 1.165) is 16.3 Å². The van der Waals surface area contributed by atoms with Crippen LogP contribution in [0.3, 0.4) is 0 Å². The van der Waals surface area contributed by atoms with Crippen molar-refractivity contribution in [3.8, 4) is 5.75 Å². The van der Waals surface area contributed by atoms with Gasteiger partial charge >= 0.3 is 6.09 Å². The molecule has 7 heteroatoms. The van der Waals surface area contributed by atoms with E-state index in [1.54, 1.807) is 26.4 Å². The molecule has 0 aliphatic heterocycles. The summed E-state index contributed by atoms with van der Waals surface area (Å²) in [6, 6.07) is 5.42. The molecule has 2 aromatic rings. The Kier molecular flexibility index (Phi) is 6.47. The van der Waals surface area contributed by atoms with E-state index in [2.05, 4.69) is 11.6 Å². The summed E-state index contributed by atoms with van der Waals surface area (Å²) in [6.45, 7) is 6.74. The molecule has 2 rings (SSSR count). The molecule has 0 aliphatic carbocycles. The molecular formula is C18H21ClN2O4. The van der Waals surface area contributed by atoms with Gasteiger partial charge in [0.15, 0.2) is 0 Å². The van der Waals surface area contributed by atoms with Crippen molar-refractivity contribution in [3.63, 3.8) is 0 Å². The fourth-order valence-corrected chi connectivity index (χ4v) is 2.38. The number of hydrogen-bond acceptors (Lipinski definition) is 5. The number of pyridine rings is 1. The Bertz CT molecular complexity index is 777. The number of amides is 1. The monoisotopic (exact) mass is 364 g/mol. The summed E-state index contributed by atoms with van der Waals surface area (Å²) in [6.07, 6.45) is 1.23. The van der Waals surface area contributed by atoms with Crippen LogP contribution in [0.25, 0.3) is 16.5 Å². The number of aromatic nitrogens is 1. The maximum absolute atomic E-state index is 11.4. The Hall–Kier alpha value is -2.47. The highest BCUT2D eigenvalue weighted by Crippen LogP contribution is 2.33. The molecule has 0 aliphatic rings. The van der Waals surface area contributed by atoms with Crippen molar-refractivity contribution in [2.24, 2.45) is 0 Å². The molecule has 1 heterocycles. The van der Waals surface area contributed by atoms with Gasteiger partial charge in [-0.15, -0.1) is 0 Å². The van der Waals surface area contributed by atoms with E-state index < -0.39 is 6.09 Å². The molecule has 6 nitrogen and oxygen atoms in total. The largest absolute Gasteiger partial charge is 0.494 e. The van der Waals surface area contributed by atoms with Crippen LogP contribution in [0, 0.1) is 0 Å². The Balaban J connectivity index is 2.20. The van der Waals surface area contributed by atoms with Crippen molar-refractivity contribution in [2.75, 3.05) is 33.9 Å². The maximum Gasteiger partial charge on any atom is 0.409 e. The number of nitrogens with zero attached hydrogens (tertiary/aromatic N) is 2. The SMILES string of the molecule is C=C(OCC)c1ccc(OCCOC(=O)N(C)C)c2cnc(Cl)cc12. The van der Waals surface area contributed by atoms with Gasteiger partial charge in [-0.2, -0.15) is 0 Å². The third kappa shape index (κ3) is 4.76. The van der Waals surface area contributed by atoms with Crippen LogP contribution < -0.4 is 4.74 Å². The minimum Gasteiger partial charge on any atom is -0.494 e. The predicted molar refractivity (Wildman–Crippen MR) is 97.9 cm³/mol. The molecule has 0 saturated heterocycles. The van der Waals surface area contributed by atoms with Crippen LogP contribution >= 0.6 is 11.6 Å². The van der Waals surface area contributed by atoms with E-state index in [0.29, 0.717) is 23.3 Å². The lowest BCUT2D eigenvalue weighted by Crippen LogP contribution is -2.24. The van der Waals surface area contributed by atoms with E-state index in [1.165, 1.54) is 4.90 Å². The van der Waals surface area contributed by atoms with Crippen LogP contribution in [0.4, 0.5) is 4.79 Å². The van der Waals surface area contributed by atoms with E-state index in [4.69, 9.17) is 25.8 Å². The number of carbonyl (C=O) groups excluding carboxylic acids is 1. The number of ether oxygens (including phenoxy) is 3. The van der Waals surface area contributed by atoms with Crippen molar-refractivity contribution < 1.29 is 19.0 Å². The Morgan fingerprint density at radius 1 is 1.24 bits per heavy atom. The van der Waals surface area contributed by atoms with Gasteiger partial charge in [-0.05, 0) is 25.1 Å². The van der Waals surface area contributed by atoms with E-state index in [9.17, 15) is 4.79 Å². The molecule has 0 bridgehead atoms. The molecule has 1 aromatic heterocycles. The first-order valence-electron chi connectivity index (χ1n) is 7.81. The van der Waals surface area contributed by atoms with Crippen LogP contribution in [-0.2, 0) is 9.47 Å². The normalized spacial score (nSPS) is 10.4. The van der Waals surface area contributed by atoms with Crippen LogP contribution in [0.5, 0.6) is 5.75 Å². The molecule has 0 N–H and O–H groups in total. The lowest BCUT2D eigenvalue weighted by molar-refractivity contribution is 0.102. The summed E-state index contributed by atoms with van der Waals surface area (Å²) in [5, 5.41) is 1.98. The van der Waals surface area contributed by atoms with Crippen LogP contribution in [0.1, 0.15) is 12.5 Å². The summed E-state index contributed by atoms with van der Waals surface area (Å²) in [4.78, 5) is 16.9. The van der Waals surface area contributed by atoms with Crippen LogP contribution in [0.2, 0.25) is 5.15 Å². The number of halogens is 1. The second-order valence-corrected chi connectivity index (χ2v) is 5.76. The number of hydrogen-bond donors (Lipinski definition) is 0. The number of benzene rings is 1. The fraction of sp³-hybridized carbons (Fsp3) is 0.333. The van der Waals surface area contributed by atoms with Gasteiger partial charge in [0.05, 0.1) is 6.61 Å². The fourth-order valence-electron chi connectivity index (χ4n) is 2.22. The highest BCUT2D eigenvalue weighted by Gasteiger charge is 2.12. The molecule has 0 radical (unpaired) electrons. The predicted octanol–water partition coefficient (Wildman–Crippen LogP) is 3.97. The summed E-state index contributed by atoms with van der Waals surface area (Å²) >= 11 is 6.03. The standard InChI is InChI=1S/C18H21ClN2O4/c1-5-23-12(2)13-6-7-16(15-11-20-17(19)10-14(13)15)24-8-9-25-18(22)21(3)4/h6-7,10-11H,2,5,8-9H2,1,3-4H3. The molecule has 0 unspecified atom stereocenters. The van der Waals surface area contributed by atoms with Crippen LogP contribution in [-0.4, -0.2) is 49.9 Å². The zero-order valence-electron chi connectivity index (χ0n) is 14.5. The van der Waals surface area contributed by atoms with Gasteiger partial charge in [0.25, 0.3) is 0 Å². The maximum atomic E-state index is 11.4. The van der Waals surface area contributed by atoms with Crippen molar-refractivity contribution in [1.29, 1.82) is 0 Å². The van der Waals surface area contributed by atoms with Crippen molar-refractivity contribution in [2.45, 2.75) is 6.92 Å².